The molecule has 17 nitrogen and oxygen atoms in total. The zero-order valence-electron chi connectivity index (χ0n) is 52.7. The molecule has 0 aliphatic rings. The molecule has 0 bridgehead atoms. The molecule has 0 heterocycles. The third-order valence-corrected chi connectivity index (χ3v) is 17.1. The van der Waals surface area contributed by atoms with E-state index >= 15 is 0 Å². The number of carbonyl (C=O) groups excluding carboxylic acids is 1. The van der Waals surface area contributed by atoms with Crippen molar-refractivity contribution in [3.63, 3.8) is 0 Å². The quantitative estimate of drug-likeness (QED) is 0.0169. The number of aromatic hydroxyl groups is 5. The second kappa shape index (κ2) is 32.3. The van der Waals surface area contributed by atoms with E-state index in [-0.39, 0.29) is 109 Å². The minimum atomic E-state index is -4.76. The topological polar surface area (TPSA) is 333 Å². The fraction of sp³-hybridized carbons (Fsp3) is 0. The number of carbonyl (C=O) groups is 1. The van der Waals surface area contributed by atoms with E-state index in [9.17, 15) is 48.6 Å². The van der Waals surface area contributed by atoms with Crippen LogP contribution >= 0.6 is 12.0 Å². The van der Waals surface area contributed by atoms with Gasteiger partial charge in [-0.3, -0.25) is 9.83 Å². The standard InChI is InChI=1S/C20H16N2.C20H14O2.C17H13NO2.C10H10N2.C10H8O8S2.2Na/c2*21-17-11-9-13-5-1-3-7-15(13)19(17)20-16-8-4-2-6-14(16)10-12-18(20)22;19-16-11-13-7-5-4-6-12(13)10-15(16)17(20)18-14-8-2-1-3-9-14;11-8-5-1-3-7-4-2-6-9(12)10(7)8;11-8-3-6(19-18-17-13)1-5-2-7(20(14,15)16)4-9(12)10(5)8;;/h1-12H,21-22H2;1-12,21-22H;1-11,19H,(H,18,20);1-6H,11-12H2;1-4,11-13H,(H,14,15,16);;/q;;;;;2*+1/p-2. The second-order valence-corrected chi connectivity index (χ2v) is 24.0. The van der Waals surface area contributed by atoms with E-state index in [1.165, 1.54) is 16.8 Å². The Morgan fingerprint density at radius 1 is 0.378 bits per heavy atom. The molecule has 15 rings (SSSR count). The van der Waals surface area contributed by atoms with Crippen LogP contribution in [-0.2, 0) is 19.5 Å². The molecule has 0 aliphatic heterocycles. The van der Waals surface area contributed by atoms with Gasteiger partial charge in [-0.1, -0.05) is 188 Å². The van der Waals surface area contributed by atoms with Crippen LogP contribution in [0.25, 0.3) is 97.7 Å². The summed E-state index contributed by atoms with van der Waals surface area (Å²) in [6, 6.07) is 83.3. The third kappa shape index (κ3) is 16.3. The molecule has 0 saturated carbocycles. The largest absolute Gasteiger partial charge is 1.00 e. The number of nitrogen functional groups attached to an aromatic ring is 4. The van der Waals surface area contributed by atoms with Gasteiger partial charge in [-0.2, -0.15) is 4.33 Å². The molecule has 1 amide bonds. The first-order valence-electron chi connectivity index (χ1n) is 29.5. The molecule has 0 aliphatic carbocycles. The van der Waals surface area contributed by atoms with Crippen molar-refractivity contribution in [3.8, 4) is 51.0 Å². The number of anilines is 5. The summed E-state index contributed by atoms with van der Waals surface area (Å²) in [6.45, 7) is 0. The van der Waals surface area contributed by atoms with Gasteiger partial charge in [0.05, 0.1) is 27.9 Å². The van der Waals surface area contributed by atoms with Crippen LogP contribution in [0.5, 0.6) is 28.7 Å². The molecule has 0 spiro atoms. The van der Waals surface area contributed by atoms with Gasteiger partial charge in [0, 0.05) is 61.0 Å². The molecular formula is C77H59N5Na2O12S2. The average molecular weight is 1360 g/mol. The van der Waals surface area contributed by atoms with Gasteiger partial charge in [-0.05, 0) is 150 Å². The number of nitrogens with two attached hydrogens (primary N) is 4. The van der Waals surface area contributed by atoms with Crippen molar-refractivity contribution >= 4 is 132 Å². The Labute approximate surface area is 611 Å². The summed E-state index contributed by atoms with van der Waals surface area (Å²) in [5.41, 5.74) is 31.5. The fourth-order valence-corrected chi connectivity index (χ4v) is 12.3. The van der Waals surface area contributed by atoms with E-state index in [2.05, 4.69) is 51.1 Å². The van der Waals surface area contributed by atoms with E-state index in [4.69, 9.17) is 22.9 Å². The molecule has 0 fully saturated rings. The van der Waals surface area contributed by atoms with E-state index in [0.717, 1.165) is 106 Å². The number of benzene rings is 15. The smallest absolute Gasteiger partial charge is 0.744 e. The number of fused-ring (bicyclic) bond motifs is 7. The summed E-state index contributed by atoms with van der Waals surface area (Å²) >= 11 is 0.465. The van der Waals surface area contributed by atoms with Gasteiger partial charge < -0.3 is 63.6 Å². The molecule has 0 atom stereocenters. The summed E-state index contributed by atoms with van der Waals surface area (Å²) in [4.78, 5) is 11.8. The summed E-state index contributed by atoms with van der Waals surface area (Å²) in [6.07, 6.45) is 0. The minimum Gasteiger partial charge on any atom is -0.744 e. The third-order valence-electron chi connectivity index (χ3n) is 15.7. The molecule has 0 radical (unpaired) electrons. The monoisotopic (exact) mass is 1360 g/mol. The summed E-state index contributed by atoms with van der Waals surface area (Å²) in [7, 11) is -4.76. The van der Waals surface area contributed by atoms with E-state index in [1.807, 2.05) is 176 Å². The maximum atomic E-state index is 12.2. The summed E-state index contributed by atoms with van der Waals surface area (Å²) < 4.78 is 36.9. The van der Waals surface area contributed by atoms with Gasteiger partial charge in [0.2, 0.25) is 0 Å². The van der Waals surface area contributed by atoms with E-state index in [1.54, 1.807) is 36.4 Å². The second-order valence-electron chi connectivity index (χ2n) is 21.8. The number of amides is 1. The van der Waals surface area contributed by atoms with Gasteiger partial charge in [0.25, 0.3) is 5.91 Å². The van der Waals surface area contributed by atoms with Crippen LogP contribution in [0.4, 0.5) is 28.4 Å². The maximum absolute atomic E-state index is 12.2. The Bertz CT molecular complexity index is 5170. The number of hydrogen-bond donors (Lipinski definition) is 10. The molecule has 21 heteroatoms. The predicted octanol–water partition coefficient (Wildman–Crippen LogP) is 10.1. The molecular weight excluding hydrogens is 1300 g/mol. The number of phenolic OH excluding ortho intramolecular Hbond substituents is 5. The first-order chi connectivity index (χ1) is 46.4. The van der Waals surface area contributed by atoms with Gasteiger partial charge >= 0.3 is 59.1 Å². The predicted molar refractivity (Wildman–Crippen MR) is 382 cm³/mol. The zero-order chi connectivity index (χ0) is 67.6. The number of rotatable bonds is 8. The summed E-state index contributed by atoms with van der Waals surface area (Å²) in [5.74, 6) is -0.939. The minimum absolute atomic E-state index is 0. The van der Waals surface area contributed by atoms with Crippen LogP contribution < -0.4 is 92.6 Å². The van der Waals surface area contributed by atoms with Gasteiger partial charge in [0.15, 0.2) is 0 Å². The van der Waals surface area contributed by atoms with Crippen LogP contribution in [0.1, 0.15) is 10.4 Å². The average Bonchev–Trinajstić information content (AvgIpc) is 0.772. The molecule has 15 aromatic carbocycles. The van der Waals surface area contributed by atoms with Crippen LogP contribution in [0, 0.1) is 0 Å². The number of para-hydroxylation sites is 1. The molecule has 0 unspecified atom stereocenters. The van der Waals surface area contributed by atoms with Crippen molar-refractivity contribution in [1.82, 2.24) is 0 Å². The number of phenols is 5. The van der Waals surface area contributed by atoms with Crippen LogP contribution in [-0.4, -0.2) is 44.4 Å². The number of hydrogen-bond acceptors (Lipinski definition) is 17. The van der Waals surface area contributed by atoms with Gasteiger partial charge in [-0.25, -0.2) is 8.42 Å². The van der Waals surface area contributed by atoms with Crippen molar-refractivity contribution in [1.29, 1.82) is 0 Å². The first kappa shape index (κ1) is 72.2. The summed E-state index contributed by atoms with van der Waals surface area (Å²) in [5, 5.41) is 78.3. The van der Waals surface area contributed by atoms with Gasteiger partial charge in [-0.15, -0.1) is 0 Å². The molecule has 15 aromatic rings. The van der Waals surface area contributed by atoms with Crippen molar-refractivity contribution in [2.24, 2.45) is 0 Å². The number of nitrogens with one attached hydrogen (secondary N) is 1. The van der Waals surface area contributed by atoms with Gasteiger partial charge in [0.1, 0.15) is 38.9 Å². The Hall–Kier alpha value is -10.1. The molecule has 0 aromatic heterocycles. The van der Waals surface area contributed by atoms with Crippen LogP contribution in [0.15, 0.2) is 283 Å². The fourth-order valence-electron chi connectivity index (χ4n) is 11.4. The Morgan fingerprint density at radius 3 is 1.24 bits per heavy atom. The van der Waals surface area contributed by atoms with Crippen LogP contribution in [0.3, 0.4) is 0 Å². The normalized spacial score (nSPS) is 10.8. The van der Waals surface area contributed by atoms with E-state index < -0.39 is 20.8 Å². The first-order valence-corrected chi connectivity index (χ1v) is 31.7. The van der Waals surface area contributed by atoms with Crippen LogP contribution in [0.2, 0.25) is 0 Å². The van der Waals surface area contributed by atoms with Crippen molar-refractivity contribution in [3.05, 3.63) is 279 Å². The molecule has 0 saturated heterocycles. The zero-order valence-corrected chi connectivity index (χ0v) is 58.3. The Kier molecular flexibility index (Phi) is 23.8. The molecule has 14 N–H and O–H groups in total. The Balaban J connectivity index is 0.000000144. The maximum Gasteiger partial charge on any atom is 1.00 e. The SMILES string of the molecule is Nc1ccc2ccccc2c1-c1c(N)ccc2ccccc12.Nc1cccc2cccc(N)c12.O=C(Nc1ccccc1)c1cc2ccccc2cc1O.O=S(=O)([O-])c1cc(O)c2c(O)cc(SOO[O-])cc2c1.Oc1ccc2ccccc2c1-c1c(O)ccc2ccccc12.[Na+].[Na+]. The molecule has 98 heavy (non-hydrogen) atoms. The van der Waals surface area contributed by atoms with Crippen molar-refractivity contribution in [2.45, 2.75) is 9.79 Å². The van der Waals surface area contributed by atoms with E-state index in [0.29, 0.717) is 28.9 Å². The van der Waals surface area contributed by atoms with Crippen molar-refractivity contribution in [2.75, 3.05) is 28.3 Å². The van der Waals surface area contributed by atoms with Crippen molar-refractivity contribution < 1.29 is 117 Å². The molecule has 478 valence electrons. The Morgan fingerprint density at radius 2 is 0.786 bits per heavy atom.